The summed E-state index contributed by atoms with van der Waals surface area (Å²) in [6.07, 6.45) is 0.169. The van der Waals surface area contributed by atoms with Crippen molar-refractivity contribution in [1.29, 1.82) is 0 Å². The summed E-state index contributed by atoms with van der Waals surface area (Å²) in [5.41, 5.74) is 2.28. The van der Waals surface area contributed by atoms with E-state index in [0.29, 0.717) is 47.7 Å². The van der Waals surface area contributed by atoms with Crippen molar-refractivity contribution in [1.82, 2.24) is 0 Å². The third-order valence-corrected chi connectivity index (χ3v) is 5.18. The first-order chi connectivity index (χ1) is 13.0. The van der Waals surface area contributed by atoms with E-state index in [4.69, 9.17) is 21.1 Å². The zero-order valence-electron chi connectivity index (χ0n) is 14.8. The summed E-state index contributed by atoms with van der Waals surface area (Å²) in [5, 5.41) is 3.47. The number of carbonyl (C=O) groups excluding carboxylic acids is 2. The quantitative estimate of drug-likeness (QED) is 0.877. The lowest BCUT2D eigenvalue weighted by Crippen LogP contribution is -2.28. The zero-order chi connectivity index (χ0) is 19.0. The predicted molar refractivity (Wildman–Crippen MR) is 103 cm³/mol. The SMILES string of the molecule is Cc1ccc(N2C[C@@H](C(=O)Nc3ccc4c(c3)OCCO4)CC2=O)cc1Cl. The van der Waals surface area contributed by atoms with Crippen molar-refractivity contribution in [2.45, 2.75) is 13.3 Å². The fourth-order valence-electron chi connectivity index (χ4n) is 3.25. The van der Waals surface area contributed by atoms with Crippen molar-refractivity contribution < 1.29 is 19.1 Å². The molecule has 2 heterocycles. The van der Waals surface area contributed by atoms with Crippen molar-refractivity contribution in [3.05, 3.63) is 47.0 Å². The Bertz CT molecular complexity index is 915. The molecule has 0 radical (unpaired) electrons. The number of halogens is 1. The Morgan fingerprint density at radius 1 is 1.15 bits per heavy atom. The van der Waals surface area contributed by atoms with Gasteiger partial charge in [0.15, 0.2) is 11.5 Å². The number of aryl methyl sites for hydroxylation is 1. The normalized spacial score (nSPS) is 18.5. The summed E-state index contributed by atoms with van der Waals surface area (Å²) in [5.74, 6) is 0.568. The molecule has 2 aromatic rings. The Labute approximate surface area is 162 Å². The number of nitrogens with zero attached hydrogens (tertiary/aromatic N) is 1. The second-order valence-electron chi connectivity index (χ2n) is 6.69. The number of benzene rings is 2. The molecule has 0 aromatic heterocycles. The highest BCUT2D eigenvalue weighted by molar-refractivity contribution is 6.31. The minimum Gasteiger partial charge on any atom is -0.486 e. The highest BCUT2D eigenvalue weighted by atomic mass is 35.5. The number of amides is 2. The maximum absolute atomic E-state index is 12.6. The standard InChI is InChI=1S/C20H19ClN2O4/c1-12-2-4-15(10-16(12)21)23-11-13(8-19(23)24)20(25)22-14-3-5-17-18(9-14)27-7-6-26-17/h2-5,9-10,13H,6-8,11H2,1H3,(H,22,25)/t13-/m0/s1. The van der Waals surface area contributed by atoms with E-state index in [-0.39, 0.29) is 18.2 Å². The van der Waals surface area contributed by atoms with Crippen LogP contribution in [0, 0.1) is 12.8 Å². The smallest absolute Gasteiger partial charge is 0.229 e. The molecular formula is C20H19ClN2O4. The number of rotatable bonds is 3. The molecule has 2 aromatic carbocycles. The van der Waals surface area contributed by atoms with Crippen LogP contribution in [0.2, 0.25) is 5.02 Å². The van der Waals surface area contributed by atoms with Gasteiger partial charge in [0.2, 0.25) is 11.8 Å². The molecule has 2 aliphatic rings. The summed E-state index contributed by atoms with van der Waals surface area (Å²) in [6, 6.07) is 10.7. The predicted octanol–water partition coefficient (Wildman–Crippen LogP) is 3.41. The molecule has 1 saturated heterocycles. The van der Waals surface area contributed by atoms with E-state index in [1.54, 1.807) is 29.2 Å². The molecule has 4 rings (SSSR count). The molecule has 1 atom stereocenters. The lowest BCUT2D eigenvalue weighted by atomic mass is 10.1. The largest absolute Gasteiger partial charge is 0.486 e. The molecule has 1 N–H and O–H groups in total. The fraction of sp³-hybridized carbons (Fsp3) is 0.300. The Balaban J connectivity index is 1.45. The van der Waals surface area contributed by atoms with Gasteiger partial charge < -0.3 is 19.7 Å². The maximum Gasteiger partial charge on any atom is 0.229 e. The molecule has 7 heteroatoms. The number of fused-ring (bicyclic) bond motifs is 1. The van der Waals surface area contributed by atoms with E-state index >= 15 is 0 Å². The fourth-order valence-corrected chi connectivity index (χ4v) is 3.42. The van der Waals surface area contributed by atoms with Gasteiger partial charge in [-0.3, -0.25) is 9.59 Å². The van der Waals surface area contributed by atoms with Crippen LogP contribution in [0.4, 0.5) is 11.4 Å². The van der Waals surface area contributed by atoms with Crippen molar-refractivity contribution in [3.63, 3.8) is 0 Å². The third kappa shape index (κ3) is 3.57. The van der Waals surface area contributed by atoms with Gasteiger partial charge in [-0.1, -0.05) is 17.7 Å². The second kappa shape index (κ2) is 7.12. The molecule has 140 valence electrons. The molecule has 27 heavy (non-hydrogen) atoms. The van der Waals surface area contributed by atoms with Gasteiger partial charge in [0.05, 0.1) is 5.92 Å². The van der Waals surface area contributed by atoms with Crippen molar-refractivity contribution >= 4 is 34.8 Å². The van der Waals surface area contributed by atoms with Crippen LogP contribution in [0.25, 0.3) is 0 Å². The van der Waals surface area contributed by atoms with E-state index < -0.39 is 5.92 Å². The molecule has 0 bridgehead atoms. The summed E-state index contributed by atoms with van der Waals surface area (Å²) < 4.78 is 11.0. The number of anilines is 2. The van der Waals surface area contributed by atoms with Crippen LogP contribution in [-0.2, 0) is 9.59 Å². The van der Waals surface area contributed by atoms with Crippen LogP contribution in [0.1, 0.15) is 12.0 Å². The first-order valence-electron chi connectivity index (χ1n) is 8.78. The Morgan fingerprint density at radius 3 is 2.70 bits per heavy atom. The van der Waals surface area contributed by atoms with Crippen LogP contribution < -0.4 is 19.7 Å². The van der Waals surface area contributed by atoms with Gasteiger partial charge in [0.25, 0.3) is 0 Å². The van der Waals surface area contributed by atoms with E-state index in [9.17, 15) is 9.59 Å². The number of hydrogen-bond donors (Lipinski definition) is 1. The average molecular weight is 387 g/mol. The van der Waals surface area contributed by atoms with Crippen LogP contribution in [0.5, 0.6) is 11.5 Å². The first kappa shape index (κ1) is 17.7. The van der Waals surface area contributed by atoms with E-state index in [0.717, 1.165) is 5.56 Å². The van der Waals surface area contributed by atoms with Crippen LogP contribution in [-0.4, -0.2) is 31.6 Å². The Hall–Kier alpha value is -2.73. The zero-order valence-corrected chi connectivity index (χ0v) is 15.6. The van der Waals surface area contributed by atoms with Gasteiger partial charge in [-0.2, -0.15) is 0 Å². The van der Waals surface area contributed by atoms with Gasteiger partial charge in [0, 0.05) is 35.4 Å². The van der Waals surface area contributed by atoms with Gasteiger partial charge in [-0.15, -0.1) is 0 Å². The van der Waals surface area contributed by atoms with Crippen LogP contribution >= 0.6 is 11.6 Å². The minimum atomic E-state index is -0.425. The minimum absolute atomic E-state index is 0.0859. The molecule has 6 nitrogen and oxygen atoms in total. The van der Waals surface area contributed by atoms with Gasteiger partial charge in [0.1, 0.15) is 13.2 Å². The molecule has 2 aliphatic heterocycles. The molecule has 0 saturated carbocycles. The average Bonchev–Trinajstić information content (AvgIpc) is 3.06. The van der Waals surface area contributed by atoms with Crippen molar-refractivity contribution in [3.8, 4) is 11.5 Å². The van der Waals surface area contributed by atoms with Crippen LogP contribution in [0.3, 0.4) is 0 Å². The summed E-state index contributed by atoms with van der Waals surface area (Å²) in [4.78, 5) is 26.6. The van der Waals surface area contributed by atoms with Gasteiger partial charge >= 0.3 is 0 Å². The van der Waals surface area contributed by atoms with E-state index in [1.165, 1.54) is 0 Å². The number of nitrogens with one attached hydrogen (secondary N) is 1. The molecule has 0 aliphatic carbocycles. The van der Waals surface area contributed by atoms with Gasteiger partial charge in [-0.05, 0) is 36.8 Å². The lowest BCUT2D eigenvalue weighted by Gasteiger charge is -2.19. The summed E-state index contributed by atoms with van der Waals surface area (Å²) >= 11 is 6.16. The molecule has 2 amide bonds. The topological polar surface area (TPSA) is 67.9 Å². The second-order valence-corrected chi connectivity index (χ2v) is 7.09. The monoisotopic (exact) mass is 386 g/mol. The molecule has 0 unspecified atom stereocenters. The number of carbonyl (C=O) groups is 2. The highest BCUT2D eigenvalue weighted by Crippen LogP contribution is 2.33. The van der Waals surface area contributed by atoms with E-state index in [2.05, 4.69) is 5.32 Å². The molecule has 1 fully saturated rings. The summed E-state index contributed by atoms with van der Waals surface area (Å²) in [7, 11) is 0. The maximum atomic E-state index is 12.6. The lowest BCUT2D eigenvalue weighted by molar-refractivity contribution is -0.122. The number of ether oxygens (including phenoxy) is 2. The van der Waals surface area contributed by atoms with Gasteiger partial charge in [-0.25, -0.2) is 0 Å². The van der Waals surface area contributed by atoms with E-state index in [1.807, 2.05) is 19.1 Å². The van der Waals surface area contributed by atoms with Crippen LogP contribution in [0.15, 0.2) is 36.4 Å². The third-order valence-electron chi connectivity index (χ3n) is 4.77. The molecular weight excluding hydrogens is 368 g/mol. The van der Waals surface area contributed by atoms with Crippen molar-refractivity contribution in [2.24, 2.45) is 5.92 Å². The molecule has 0 spiro atoms. The Kier molecular flexibility index (Phi) is 4.66. The Morgan fingerprint density at radius 2 is 1.93 bits per heavy atom. The summed E-state index contributed by atoms with van der Waals surface area (Å²) in [6.45, 7) is 3.23. The number of hydrogen-bond acceptors (Lipinski definition) is 4. The van der Waals surface area contributed by atoms with Crippen molar-refractivity contribution in [2.75, 3.05) is 30.0 Å². The first-order valence-corrected chi connectivity index (χ1v) is 9.16. The highest BCUT2D eigenvalue weighted by Gasteiger charge is 2.35.